The minimum absolute atomic E-state index is 1.14. The summed E-state index contributed by atoms with van der Waals surface area (Å²) in [5.74, 6) is 0. The SMILES string of the molecule is CC1=C(C)CC=C1.ISC1=C(SI)CC=C1. The van der Waals surface area contributed by atoms with E-state index in [2.05, 4.69) is 80.6 Å². The fourth-order valence-electron chi connectivity index (χ4n) is 1.32. The molecule has 2 rings (SSSR count). The van der Waals surface area contributed by atoms with E-state index < -0.39 is 0 Å². The smallest absolute Gasteiger partial charge is 0.0281 e. The average molecular weight is 476 g/mol. The van der Waals surface area contributed by atoms with Gasteiger partial charge in [-0.2, -0.15) is 0 Å². The summed E-state index contributed by atoms with van der Waals surface area (Å²) in [5, 5.41) is 0. The van der Waals surface area contributed by atoms with Gasteiger partial charge < -0.3 is 0 Å². The first-order chi connectivity index (χ1) is 7.69. The van der Waals surface area contributed by atoms with E-state index >= 15 is 0 Å². The van der Waals surface area contributed by atoms with Crippen LogP contribution < -0.4 is 0 Å². The Balaban J connectivity index is 0.000000165. The van der Waals surface area contributed by atoms with E-state index in [1.165, 1.54) is 27.4 Å². The first-order valence-electron chi connectivity index (χ1n) is 4.98. The van der Waals surface area contributed by atoms with Crippen LogP contribution in [0.2, 0.25) is 0 Å². The minimum Gasteiger partial charge on any atom is -0.0802 e. The summed E-state index contributed by atoms with van der Waals surface area (Å²) in [6.07, 6.45) is 11.1. The Morgan fingerprint density at radius 2 is 1.69 bits per heavy atom. The summed E-state index contributed by atoms with van der Waals surface area (Å²) in [7, 11) is 3.63. The molecule has 0 aromatic rings. The number of hydrogen-bond acceptors (Lipinski definition) is 2. The predicted octanol–water partition coefficient (Wildman–Crippen LogP) is 6.61. The van der Waals surface area contributed by atoms with Crippen molar-refractivity contribution in [1.29, 1.82) is 0 Å². The average Bonchev–Trinajstić information content (AvgIpc) is 2.89. The van der Waals surface area contributed by atoms with Crippen molar-refractivity contribution in [2.24, 2.45) is 0 Å². The van der Waals surface area contributed by atoms with Gasteiger partial charge in [0.05, 0.1) is 0 Å². The second-order valence-corrected chi connectivity index (χ2v) is 7.50. The van der Waals surface area contributed by atoms with Crippen LogP contribution in [0.4, 0.5) is 0 Å². The lowest BCUT2D eigenvalue weighted by molar-refractivity contribution is 1.22. The molecule has 0 N–H and O–H groups in total. The molecule has 0 aliphatic heterocycles. The molecule has 0 saturated heterocycles. The van der Waals surface area contributed by atoms with Gasteiger partial charge in [-0.15, -0.1) is 0 Å². The van der Waals surface area contributed by atoms with Crippen LogP contribution in [0.3, 0.4) is 0 Å². The highest BCUT2D eigenvalue weighted by Gasteiger charge is 2.07. The van der Waals surface area contributed by atoms with Crippen molar-refractivity contribution in [3.8, 4) is 0 Å². The third-order valence-corrected chi connectivity index (χ3v) is 6.76. The predicted molar refractivity (Wildman–Crippen MR) is 96.1 cm³/mol. The molecule has 0 heterocycles. The Morgan fingerprint density at radius 1 is 1.00 bits per heavy atom. The molecule has 0 aromatic heterocycles. The van der Waals surface area contributed by atoms with E-state index in [0.717, 1.165) is 6.42 Å². The molecule has 4 heteroatoms. The van der Waals surface area contributed by atoms with Crippen LogP contribution in [0.25, 0.3) is 0 Å². The third-order valence-electron chi connectivity index (χ3n) is 2.49. The van der Waals surface area contributed by atoms with E-state index in [4.69, 9.17) is 0 Å². The van der Waals surface area contributed by atoms with Gasteiger partial charge in [-0.05, 0) is 26.7 Å². The lowest BCUT2D eigenvalue weighted by Crippen LogP contribution is -1.67. The molecule has 0 amide bonds. The Morgan fingerprint density at radius 3 is 2.00 bits per heavy atom. The van der Waals surface area contributed by atoms with E-state index in [1.807, 2.05) is 8.93 Å². The molecule has 0 fully saturated rings. The summed E-state index contributed by atoms with van der Waals surface area (Å²) in [6, 6.07) is 0. The van der Waals surface area contributed by atoms with Crippen molar-refractivity contribution in [2.75, 3.05) is 0 Å². The molecule has 0 radical (unpaired) electrons. The zero-order valence-electron chi connectivity index (χ0n) is 9.30. The molecule has 2 aliphatic carbocycles. The number of rotatable bonds is 2. The maximum absolute atomic E-state index is 2.33. The van der Waals surface area contributed by atoms with Gasteiger partial charge in [0.1, 0.15) is 0 Å². The van der Waals surface area contributed by atoms with Crippen LogP contribution in [0.5, 0.6) is 0 Å². The molecule has 0 spiro atoms. The van der Waals surface area contributed by atoms with Gasteiger partial charge in [0.25, 0.3) is 0 Å². The van der Waals surface area contributed by atoms with Gasteiger partial charge in [0.2, 0.25) is 0 Å². The standard InChI is InChI=1S/C7H10.C5H4I2S2/c1-6-4-3-5-7(6)2;6-8-4-2-1-3-5(4)9-7/h3-4H,5H2,1-2H3;1-2H,3H2. The largest absolute Gasteiger partial charge is 0.0802 e. The van der Waals surface area contributed by atoms with Gasteiger partial charge in [0.15, 0.2) is 0 Å². The summed E-state index contributed by atoms with van der Waals surface area (Å²) >= 11 is 4.65. The third kappa shape index (κ3) is 4.78. The summed E-state index contributed by atoms with van der Waals surface area (Å²) in [4.78, 5) is 2.92. The zero-order chi connectivity index (χ0) is 12.0. The summed E-state index contributed by atoms with van der Waals surface area (Å²) in [6.45, 7) is 4.33. The van der Waals surface area contributed by atoms with Crippen molar-refractivity contribution >= 4 is 60.3 Å². The molecule has 0 nitrogen and oxygen atoms in total. The Kier molecular flexibility index (Phi) is 7.84. The van der Waals surface area contributed by atoms with Crippen molar-refractivity contribution in [3.63, 3.8) is 0 Å². The van der Waals surface area contributed by atoms with E-state index in [9.17, 15) is 0 Å². The quantitative estimate of drug-likeness (QED) is 0.412. The Labute approximate surface area is 131 Å². The first kappa shape index (κ1) is 15.2. The molecular formula is C12H14I2S2. The van der Waals surface area contributed by atoms with Crippen molar-refractivity contribution in [2.45, 2.75) is 26.7 Å². The van der Waals surface area contributed by atoms with Crippen LogP contribution in [0, 0.1) is 0 Å². The van der Waals surface area contributed by atoms with E-state index in [1.54, 1.807) is 8.93 Å². The Bertz CT molecular complexity index is 365. The van der Waals surface area contributed by atoms with Crippen LogP contribution >= 0.6 is 60.3 Å². The molecule has 0 atom stereocenters. The van der Waals surface area contributed by atoms with Gasteiger partial charge in [-0.3, -0.25) is 0 Å². The lowest BCUT2D eigenvalue weighted by atomic mass is 10.2. The number of halogens is 2. The second kappa shape index (κ2) is 8.26. The number of hydrogen-bond donors (Lipinski definition) is 0. The molecule has 0 aromatic carbocycles. The molecule has 2 aliphatic rings. The summed E-state index contributed by atoms with van der Waals surface area (Å²) in [5.41, 5.74) is 2.96. The fourth-order valence-corrected chi connectivity index (χ4v) is 5.58. The van der Waals surface area contributed by atoms with Crippen LogP contribution in [-0.2, 0) is 0 Å². The molecule has 88 valence electrons. The molecule has 0 saturated carbocycles. The fraction of sp³-hybridized carbons (Fsp3) is 0.333. The maximum atomic E-state index is 2.33. The van der Waals surface area contributed by atoms with Crippen LogP contribution in [-0.4, -0.2) is 0 Å². The molecule has 0 bridgehead atoms. The Hall–Kier alpha value is 1.12. The molecular weight excluding hydrogens is 462 g/mol. The molecule has 16 heavy (non-hydrogen) atoms. The topological polar surface area (TPSA) is 0 Å². The highest BCUT2D eigenvalue weighted by atomic mass is 127. The van der Waals surface area contributed by atoms with Gasteiger partial charge in [-0.25, -0.2) is 0 Å². The van der Waals surface area contributed by atoms with Crippen molar-refractivity contribution in [3.05, 3.63) is 45.3 Å². The zero-order valence-corrected chi connectivity index (χ0v) is 15.2. The monoisotopic (exact) mass is 476 g/mol. The van der Waals surface area contributed by atoms with E-state index in [0.29, 0.717) is 0 Å². The maximum Gasteiger partial charge on any atom is 0.0281 e. The second-order valence-electron chi connectivity index (χ2n) is 3.62. The highest BCUT2D eigenvalue weighted by molar-refractivity contribution is 14.2. The summed E-state index contributed by atoms with van der Waals surface area (Å²) < 4.78 is 0. The molecule has 0 unspecified atom stereocenters. The van der Waals surface area contributed by atoms with Crippen LogP contribution in [0.1, 0.15) is 26.7 Å². The lowest BCUT2D eigenvalue weighted by Gasteiger charge is -1.94. The van der Waals surface area contributed by atoms with Gasteiger partial charge >= 0.3 is 0 Å². The van der Waals surface area contributed by atoms with E-state index in [-0.39, 0.29) is 0 Å². The first-order valence-corrected chi connectivity index (χ1v) is 11.7. The van der Waals surface area contributed by atoms with Gasteiger partial charge in [-0.1, -0.05) is 53.3 Å². The van der Waals surface area contributed by atoms with Crippen molar-refractivity contribution in [1.82, 2.24) is 0 Å². The highest BCUT2D eigenvalue weighted by Crippen LogP contribution is 2.41. The van der Waals surface area contributed by atoms with Gasteiger partial charge in [0, 0.05) is 52.2 Å². The normalized spacial score (nSPS) is 18.2. The van der Waals surface area contributed by atoms with Crippen LogP contribution in [0.15, 0.2) is 45.3 Å². The number of allylic oxidation sites excluding steroid dienone is 7. The van der Waals surface area contributed by atoms with Crippen molar-refractivity contribution < 1.29 is 0 Å². The minimum atomic E-state index is 1.14.